The molecule has 116 valence electrons. The van der Waals surface area contributed by atoms with E-state index < -0.39 is 11.7 Å². The lowest BCUT2D eigenvalue weighted by Crippen LogP contribution is -2.28. The molecule has 0 unspecified atom stereocenters. The summed E-state index contributed by atoms with van der Waals surface area (Å²) in [6.45, 7) is 4.14. The largest absolute Gasteiger partial charge is 0.464 e. The number of rotatable bonds is 5. The summed E-state index contributed by atoms with van der Waals surface area (Å²) in [7, 11) is 0. The van der Waals surface area contributed by atoms with Crippen LogP contribution in [-0.2, 0) is 12.8 Å². The molecule has 0 bridgehead atoms. The van der Waals surface area contributed by atoms with Crippen LogP contribution in [0.15, 0.2) is 41.3 Å². The number of nitrogens with zero attached hydrogens (tertiary/aromatic N) is 1. The van der Waals surface area contributed by atoms with Gasteiger partial charge in [-0.15, -0.1) is 0 Å². The molecule has 0 aliphatic rings. The number of benzene rings is 1. The lowest BCUT2D eigenvalue weighted by atomic mass is 9.96. The summed E-state index contributed by atoms with van der Waals surface area (Å²) in [6.07, 6.45) is 3.46. The van der Waals surface area contributed by atoms with E-state index in [0.717, 1.165) is 35.0 Å². The summed E-state index contributed by atoms with van der Waals surface area (Å²) in [6, 6.07) is 9.80. The second kappa shape index (κ2) is 7.07. The summed E-state index contributed by atoms with van der Waals surface area (Å²) in [5.74, 6) is 0. The van der Waals surface area contributed by atoms with Gasteiger partial charge in [-0.05, 0) is 42.0 Å². The van der Waals surface area contributed by atoms with Gasteiger partial charge in [-0.2, -0.15) is 0 Å². The molecule has 0 atom stereocenters. The Morgan fingerprint density at radius 3 is 2.36 bits per heavy atom. The second-order valence-corrected chi connectivity index (χ2v) is 5.32. The molecule has 0 amide bonds. The van der Waals surface area contributed by atoms with Crippen LogP contribution in [0.4, 0.5) is 4.79 Å². The molecule has 22 heavy (non-hydrogen) atoms. The zero-order chi connectivity index (χ0) is 16.1. The van der Waals surface area contributed by atoms with Gasteiger partial charge in [-0.25, -0.2) is 9.36 Å². The van der Waals surface area contributed by atoms with Crippen molar-refractivity contribution in [2.45, 2.75) is 39.5 Å². The Kier molecular flexibility index (Phi) is 5.15. The number of carboxylic acid groups (broad SMARTS) is 1. The van der Waals surface area contributed by atoms with Crippen LogP contribution in [0, 0.1) is 0 Å². The minimum atomic E-state index is -1.24. The smallest absolute Gasteiger partial charge is 0.418 e. The number of hydrogen-bond acceptors (Lipinski definition) is 2. The predicted octanol–water partition coefficient (Wildman–Crippen LogP) is 3.95. The van der Waals surface area contributed by atoms with E-state index in [1.807, 2.05) is 31.2 Å². The summed E-state index contributed by atoms with van der Waals surface area (Å²) in [5, 5.41) is 9.11. The molecule has 2 aromatic rings. The molecule has 1 aromatic carbocycles. The van der Waals surface area contributed by atoms with Crippen molar-refractivity contribution in [1.29, 1.82) is 0 Å². The van der Waals surface area contributed by atoms with E-state index in [4.69, 9.17) is 5.11 Å². The van der Waals surface area contributed by atoms with Crippen LogP contribution in [0.2, 0.25) is 0 Å². The van der Waals surface area contributed by atoms with Crippen LogP contribution < -0.4 is 5.56 Å². The Labute approximate surface area is 130 Å². The normalized spacial score (nSPS) is 10.6. The molecule has 0 radical (unpaired) electrons. The topological polar surface area (TPSA) is 59.3 Å². The molecule has 1 N–H and O–H groups in total. The molecule has 1 heterocycles. The zero-order valence-corrected chi connectivity index (χ0v) is 13.0. The minimum absolute atomic E-state index is 0.432. The maximum absolute atomic E-state index is 12.4. The van der Waals surface area contributed by atoms with Crippen LogP contribution in [0.3, 0.4) is 0 Å². The summed E-state index contributed by atoms with van der Waals surface area (Å²) in [4.78, 5) is 23.6. The predicted molar refractivity (Wildman–Crippen MR) is 87.6 cm³/mol. The molecule has 1 aromatic heterocycles. The summed E-state index contributed by atoms with van der Waals surface area (Å²) in [5.41, 5.74) is 3.17. The van der Waals surface area contributed by atoms with Gasteiger partial charge < -0.3 is 5.11 Å². The van der Waals surface area contributed by atoms with Crippen LogP contribution in [0.5, 0.6) is 0 Å². The third kappa shape index (κ3) is 3.27. The molecule has 0 saturated carbocycles. The molecule has 0 aliphatic carbocycles. The van der Waals surface area contributed by atoms with Crippen LogP contribution >= 0.6 is 0 Å². The fourth-order valence-electron chi connectivity index (χ4n) is 2.51. The van der Waals surface area contributed by atoms with E-state index >= 15 is 0 Å². The first kappa shape index (κ1) is 16.0. The zero-order valence-electron chi connectivity index (χ0n) is 13.0. The highest BCUT2D eigenvalue weighted by molar-refractivity contribution is 5.72. The molecule has 0 saturated heterocycles. The maximum Gasteiger partial charge on any atom is 0.418 e. The van der Waals surface area contributed by atoms with Crippen LogP contribution in [0.1, 0.15) is 37.8 Å². The fourth-order valence-corrected chi connectivity index (χ4v) is 2.51. The Balaban J connectivity index is 2.55. The first-order valence-electron chi connectivity index (χ1n) is 7.65. The standard InChI is InChI=1S/C18H21NO3/c1-3-5-6-16-15(11-12-19(17(16)20)18(21)22)14-9-7-13(4-2)8-10-14/h7-12H,3-6H2,1-2H3,(H,21,22). The number of aryl methyl sites for hydroxylation is 1. The summed E-state index contributed by atoms with van der Waals surface area (Å²) < 4.78 is 0.759. The number of pyridine rings is 1. The van der Waals surface area contributed by atoms with Crippen molar-refractivity contribution in [1.82, 2.24) is 4.57 Å². The van der Waals surface area contributed by atoms with Crippen molar-refractivity contribution in [2.75, 3.05) is 0 Å². The van der Waals surface area contributed by atoms with Crippen molar-refractivity contribution in [3.63, 3.8) is 0 Å². The maximum atomic E-state index is 12.4. The summed E-state index contributed by atoms with van der Waals surface area (Å²) >= 11 is 0. The lowest BCUT2D eigenvalue weighted by molar-refractivity contribution is 0.195. The van der Waals surface area contributed by atoms with Gasteiger partial charge in [0.25, 0.3) is 5.56 Å². The number of carbonyl (C=O) groups is 1. The number of aromatic nitrogens is 1. The first-order valence-corrected chi connectivity index (χ1v) is 7.65. The molecule has 2 rings (SSSR count). The van der Waals surface area contributed by atoms with Crippen molar-refractivity contribution >= 4 is 6.09 Å². The highest BCUT2D eigenvalue weighted by Gasteiger charge is 2.14. The van der Waals surface area contributed by atoms with Gasteiger partial charge in [-0.3, -0.25) is 4.79 Å². The van der Waals surface area contributed by atoms with E-state index in [2.05, 4.69) is 6.92 Å². The van der Waals surface area contributed by atoms with Crippen molar-refractivity contribution in [2.24, 2.45) is 0 Å². The number of unbranched alkanes of at least 4 members (excludes halogenated alkanes) is 1. The van der Waals surface area contributed by atoms with Gasteiger partial charge in [0, 0.05) is 11.8 Å². The SMILES string of the molecule is CCCCc1c(-c2ccc(CC)cc2)ccn(C(=O)O)c1=O. The van der Waals surface area contributed by atoms with E-state index in [1.54, 1.807) is 6.07 Å². The molecule has 4 nitrogen and oxygen atoms in total. The second-order valence-electron chi connectivity index (χ2n) is 5.32. The third-order valence-corrected chi connectivity index (χ3v) is 3.85. The molecule has 0 fully saturated rings. The van der Waals surface area contributed by atoms with Crippen LogP contribution in [0.25, 0.3) is 11.1 Å². The van der Waals surface area contributed by atoms with Crippen molar-refractivity contribution in [3.05, 3.63) is 58.0 Å². The Hall–Kier alpha value is -2.36. The molecule has 0 aliphatic heterocycles. The molecule has 4 heteroatoms. The van der Waals surface area contributed by atoms with Gasteiger partial charge in [0.1, 0.15) is 0 Å². The van der Waals surface area contributed by atoms with Gasteiger partial charge in [0.15, 0.2) is 0 Å². The molecule has 0 spiro atoms. The van der Waals surface area contributed by atoms with Gasteiger partial charge in [0.2, 0.25) is 0 Å². The Morgan fingerprint density at radius 2 is 1.82 bits per heavy atom. The van der Waals surface area contributed by atoms with E-state index in [-0.39, 0.29) is 0 Å². The Bertz CT molecular complexity index is 714. The molecular weight excluding hydrogens is 278 g/mol. The van der Waals surface area contributed by atoms with Gasteiger partial charge >= 0.3 is 6.09 Å². The van der Waals surface area contributed by atoms with Crippen molar-refractivity contribution < 1.29 is 9.90 Å². The monoisotopic (exact) mass is 299 g/mol. The van der Waals surface area contributed by atoms with Crippen LogP contribution in [-0.4, -0.2) is 15.8 Å². The van der Waals surface area contributed by atoms with E-state index in [0.29, 0.717) is 12.0 Å². The highest BCUT2D eigenvalue weighted by Crippen LogP contribution is 2.23. The van der Waals surface area contributed by atoms with E-state index in [1.165, 1.54) is 11.8 Å². The molecular formula is C18H21NO3. The first-order chi connectivity index (χ1) is 10.6. The number of hydrogen-bond donors (Lipinski definition) is 1. The van der Waals surface area contributed by atoms with Crippen molar-refractivity contribution in [3.8, 4) is 11.1 Å². The van der Waals surface area contributed by atoms with E-state index in [9.17, 15) is 9.59 Å². The Morgan fingerprint density at radius 1 is 1.14 bits per heavy atom. The lowest BCUT2D eigenvalue weighted by Gasteiger charge is -2.11. The minimum Gasteiger partial charge on any atom is -0.464 e. The van der Waals surface area contributed by atoms with Gasteiger partial charge in [0.05, 0.1) is 0 Å². The average molecular weight is 299 g/mol. The fraction of sp³-hybridized carbons (Fsp3) is 0.333. The average Bonchev–Trinajstić information content (AvgIpc) is 2.53. The van der Waals surface area contributed by atoms with Gasteiger partial charge in [-0.1, -0.05) is 44.5 Å². The third-order valence-electron chi connectivity index (χ3n) is 3.85. The quantitative estimate of drug-likeness (QED) is 0.909. The highest BCUT2D eigenvalue weighted by atomic mass is 16.4.